The molecule has 0 aromatic heterocycles. The summed E-state index contributed by atoms with van der Waals surface area (Å²) < 4.78 is 1.21. The maximum atomic E-state index is 6.26. The summed E-state index contributed by atoms with van der Waals surface area (Å²) in [5.41, 5.74) is 2.76. The van der Waals surface area contributed by atoms with Crippen molar-refractivity contribution in [3.8, 4) is 0 Å². The molecular weight excluding hydrogens is 273 g/mol. The number of fused-ring (bicyclic) bond motifs is 1. The molecule has 3 heteroatoms. The van der Waals surface area contributed by atoms with Crippen molar-refractivity contribution in [2.45, 2.75) is 25.3 Å². The van der Waals surface area contributed by atoms with Crippen LogP contribution in [0.4, 0.5) is 0 Å². The van der Waals surface area contributed by atoms with Crippen LogP contribution in [0.3, 0.4) is 0 Å². The zero-order chi connectivity index (χ0) is 10.4. The van der Waals surface area contributed by atoms with Gasteiger partial charge < -0.3 is 5.32 Å². The molecule has 0 radical (unpaired) electrons. The molecule has 1 fully saturated rings. The van der Waals surface area contributed by atoms with E-state index in [9.17, 15) is 0 Å². The van der Waals surface area contributed by atoms with Gasteiger partial charge in [-0.1, -0.05) is 27.5 Å². The Morgan fingerprint density at radius 2 is 2.13 bits per heavy atom. The smallest absolute Gasteiger partial charge is 0.0442 e. The van der Waals surface area contributed by atoms with E-state index in [1.807, 2.05) is 6.07 Å². The van der Waals surface area contributed by atoms with E-state index >= 15 is 0 Å². The van der Waals surface area contributed by atoms with Crippen LogP contribution in [-0.4, -0.2) is 6.54 Å². The van der Waals surface area contributed by atoms with Gasteiger partial charge in [0.25, 0.3) is 0 Å². The van der Waals surface area contributed by atoms with Gasteiger partial charge in [0.05, 0.1) is 0 Å². The van der Waals surface area contributed by atoms with Crippen molar-refractivity contribution in [2.24, 2.45) is 5.92 Å². The second-order valence-corrected chi connectivity index (χ2v) is 5.70. The molecule has 2 aliphatic rings. The van der Waals surface area contributed by atoms with Gasteiger partial charge in [-0.3, -0.25) is 0 Å². The van der Waals surface area contributed by atoms with Crippen LogP contribution in [-0.2, 0) is 6.42 Å². The van der Waals surface area contributed by atoms with Gasteiger partial charge in [0.15, 0.2) is 0 Å². The molecule has 1 aliphatic carbocycles. The quantitative estimate of drug-likeness (QED) is 0.830. The Labute approximate surface area is 103 Å². The zero-order valence-electron chi connectivity index (χ0n) is 8.39. The van der Waals surface area contributed by atoms with E-state index < -0.39 is 0 Å². The van der Waals surface area contributed by atoms with Crippen LogP contribution in [0.15, 0.2) is 16.6 Å². The van der Waals surface area contributed by atoms with E-state index in [0.29, 0.717) is 6.04 Å². The lowest BCUT2D eigenvalue weighted by Gasteiger charge is -2.28. The SMILES string of the molecule is Clc1ccc(Br)c2c1CCNC2C1CC1. The van der Waals surface area contributed by atoms with Crippen LogP contribution >= 0.6 is 27.5 Å². The molecule has 1 unspecified atom stereocenters. The maximum absolute atomic E-state index is 6.26. The van der Waals surface area contributed by atoms with Crippen molar-refractivity contribution >= 4 is 27.5 Å². The van der Waals surface area contributed by atoms with Crippen LogP contribution in [0, 0.1) is 5.92 Å². The molecule has 80 valence electrons. The first kappa shape index (κ1) is 10.1. The van der Waals surface area contributed by atoms with Crippen LogP contribution in [0.25, 0.3) is 0 Å². The Morgan fingerprint density at radius 3 is 2.87 bits per heavy atom. The van der Waals surface area contributed by atoms with Gasteiger partial charge in [0.1, 0.15) is 0 Å². The molecule has 1 N–H and O–H groups in total. The highest BCUT2D eigenvalue weighted by Crippen LogP contribution is 2.46. The summed E-state index contributed by atoms with van der Waals surface area (Å²) in [6.45, 7) is 1.06. The highest BCUT2D eigenvalue weighted by atomic mass is 79.9. The molecule has 1 aromatic rings. The van der Waals surface area contributed by atoms with Crippen molar-refractivity contribution < 1.29 is 0 Å². The van der Waals surface area contributed by atoms with Gasteiger partial charge in [-0.2, -0.15) is 0 Å². The Morgan fingerprint density at radius 1 is 1.33 bits per heavy atom. The molecule has 1 aromatic carbocycles. The fourth-order valence-corrected chi connectivity index (χ4v) is 3.36. The minimum Gasteiger partial charge on any atom is -0.309 e. The first-order valence-corrected chi connectivity index (χ1v) is 6.64. The third kappa shape index (κ3) is 1.73. The molecule has 1 saturated carbocycles. The lowest BCUT2D eigenvalue weighted by atomic mass is 9.91. The highest BCUT2D eigenvalue weighted by Gasteiger charge is 2.36. The van der Waals surface area contributed by atoms with Crippen LogP contribution < -0.4 is 5.32 Å². The Balaban J connectivity index is 2.11. The van der Waals surface area contributed by atoms with Crippen LogP contribution in [0.2, 0.25) is 5.02 Å². The third-order valence-corrected chi connectivity index (χ3v) is 4.44. The number of benzene rings is 1. The molecule has 1 aliphatic heterocycles. The van der Waals surface area contributed by atoms with Gasteiger partial charge in [0.2, 0.25) is 0 Å². The predicted octanol–water partition coefficient (Wildman–Crippen LogP) is 3.70. The number of halogens is 2. The fraction of sp³-hybridized carbons (Fsp3) is 0.500. The number of hydrogen-bond donors (Lipinski definition) is 1. The Hall–Kier alpha value is -0.0500. The summed E-state index contributed by atoms with van der Waals surface area (Å²) in [5, 5.41) is 4.55. The maximum Gasteiger partial charge on any atom is 0.0442 e. The van der Waals surface area contributed by atoms with E-state index in [4.69, 9.17) is 11.6 Å². The van der Waals surface area contributed by atoms with Crippen molar-refractivity contribution in [2.75, 3.05) is 6.54 Å². The summed E-state index contributed by atoms with van der Waals surface area (Å²) in [7, 11) is 0. The minimum absolute atomic E-state index is 0.529. The number of nitrogens with one attached hydrogen (secondary N) is 1. The molecule has 0 saturated heterocycles. The normalized spacial score (nSPS) is 25.1. The second kappa shape index (κ2) is 3.76. The fourth-order valence-electron chi connectivity index (χ4n) is 2.49. The summed E-state index contributed by atoms with van der Waals surface area (Å²) >= 11 is 9.91. The molecule has 3 rings (SSSR count). The van der Waals surface area contributed by atoms with Gasteiger partial charge in [-0.15, -0.1) is 0 Å². The molecule has 0 bridgehead atoms. The van der Waals surface area contributed by atoms with E-state index in [2.05, 4.69) is 27.3 Å². The summed E-state index contributed by atoms with van der Waals surface area (Å²) in [5.74, 6) is 0.832. The molecule has 0 amide bonds. The van der Waals surface area contributed by atoms with E-state index in [0.717, 1.165) is 23.9 Å². The van der Waals surface area contributed by atoms with Gasteiger partial charge in [-0.25, -0.2) is 0 Å². The molecule has 1 atom stereocenters. The minimum atomic E-state index is 0.529. The van der Waals surface area contributed by atoms with E-state index in [1.54, 1.807) is 0 Å². The summed E-state index contributed by atoms with van der Waals surface area (Å²) in [6.07, 6.45) is 3.77. The zero-order valence-corrected chi connectivity index (χ0v) is 10.7. The first-order valence-electron chi connectivity index (χ1n) is 5.47. The molecule has 0 spiro atoms. The van der Waals surface area contributed by atoms with Crippen LogP contribution in [0.1, 0.15) is 30.0 Å². The summed E-state index contributed by atoms with van der Waals surface area (Å²) in [4.78, 5) is 0. The van der Waals surface area contributed by atoms with E-state index in [1.165, 1.54) is 28.4 Å². The van der Waals surface area contributed by atoms with Crippen molar-refractivity contribution in [3.63, 3.8) is 0 Å². The molecular formula is C12H13BrClN. The predicted molar refractivity (Wildman–Crippen MR) is 66.3 cm³/mol. The van der Waals surface area contributed by atoms with Gasteiger partial charge in [0, 0.05) is 15.5 Å². The third-order valence-electron chi connectivity index (χ3n) is 3.39. The monoisotopic (exact) mass is 285 g/mol. The molecule has 1 nitrogen and oxygen atoms in total. The second-order valence-electron chi connectivity index (χ2n) is 4.44. The van der Waals surface area contributed by atoms with Gasteiger partial charge in [-0.05, 0) is 55.0 Å². The van der Waals surface area contributed by atoms with E-state index in [-0.39, 0.29) is 0 Å². The summed E-state index contributed by atoms with van der Waals surface area (Å²) in [6, 6.07) is 4.60. The topological polar surface area (TPSA) is 12.0 Å². The molecule has 1 heterocycles. The Bertz CT molecular complexity index is 401. The van der Waals surface area contributed by atoms with Crippen molar-refractivity contribution in [1.29, 1.82) is 0 Å². The Kier molecular flexibility index (Phi) is 2.54. The lowest BCUT2D eigenvalue weighted by Crippen LogP contribution is -2.31. The largest absolute Gasteiger partial charge is 0.309 e. The average molecular weight is 287 g/mol. The number of rotatable bonds is 1. The van der Waals surface area contributed by atoms with Crippen molar-refractivity contribution in [1.82, 2.24) is 5.32 Å². The highest BCUT2D eigenvalue weighted by molar-refractivity contribution is 9.10. The standard InChI is InChI=1S/C12H13BrClN/c13-9-3-4-10(14)8-5-6-15-12(11(8)9)7-1-2-7/h3-4,7,12,15H,1-2,5-6H2. The van der Waals surface area contributed by atoms with Crippen molar-refractivity contribution in [3.05, 3.63) is 32.8 Å². The molecule has 15 heavy (non-hydrogen) atoms. The van der Waals surface area contributed by atoms with Gasteiger partial charge >= 0.3 is 0 Å². The lowest BCUT2D eigenvalue weighted by molar-refractivity contribution is 0.456. The average Bonchev–Trinajstić information content (AvgIpc) is 3.07. The number of hydrogen-bond acceptors (Lipinski definition) is 1. The first-order chi connectivity index (χ1) is 7.27. The van der Waals surface area contributed by atoms with Crippen LogP contribution in [0.5, 0.6) is 0 Å².